The minimum absolute atomic E-state index is 0.744. The van der Waals surface area contributed by atoms with E-state index in [1.807, 2.05) is 0 Å². The van der Waals surface area contributed by atoms with Crippen molar-refractivity contribution in [2.75, 3.05) is 13.1 Å². The Labute approximate surface area is 101 Å². The molecule has 1 fully saturated rings. The third kappa shape index (κ3) is 1.44. The van der Waals surface area contributed by atoms with Crippen molar-refractivity contribution in [3.05, 3.63) is 35.0 Å². The van der Waals surface area contributed by atoms with Crippen molar-refractivity contribution in [1.29, 1.82) is 0 Å². The molecule has 1 aliphatic heterocycles. The normalized spacial score (nSPS) is 20.2. The van der Waals surface area contributed by atoms with Gasteiger partial charge in [0, 0.05) is 35.6 Å². The van der Waals surface area contributed by atoms with Crippen molar-refractivity contribution >= 4 is 10.9 Å². The van der Waals surface area contributed by atoms with Crippen molar-refractivity contribution in [2.45, 2.75) is 31.6 Å². The van der Waals surface area contributed by atoms with E-state index in [2.05, 4.69) is 28.5 Å². The summed E-state index contributed by atoms with van der Waals surface area (Å²) in [6.45, 7) is 2.30. The molecule has 4 rings (SSSR count). The Bertz CT molecular complexity index is 564. The van der Waals surface area contributed by atoms with Crippen LogP contribution in [0.15, 0.2) is 18.2 Å². The Morgan fingerprint density at radius 3 is 2.76 bits per heavy atom. The second-order valence-corrected chi connectivity index (χ2v) is 5.45. The Kier molecular flexibility index (Phi) is 2.06. The van der Waals surface area contributed by atoms with Gasteiger partial charge >= 0.3 is 0 Å². The summed E-state index contributed by atoms with van der Waals surface area (Å²) in [5.74, 6) is 0.744. The molecule has 0 amide bonds. The number of nitrogens with one attached hydrogen (secondary N) is 2. The molecule has 2 heterocycles. The largest absolute Gasteiger partial charge is 0.358 e. The monoisotopic (exact) mass is 226 g/mol. The third-order valence-corrected chi connectivity index (χ3v) is 4.38. The summed E-state index contributed by atoms with van der Waals surface area (Å²) in [7, 11) is 0. The quantitative estimate of drug-likeness (QED) is 0.769. The van der Waals surface area contributed by atoms with Gasteiger partial charge in [-0.1, -0.05) is 6.07 Å². The van der Waals surface area contributed by atoms with Crippen LogP contribution in [0.1, 0.15) is 35.6 Å². The molecule has 0 radical (unpaired) electrons. The molecule has 2 heteroatoms. The SMILES string of the molecule is c1cc2[nH]c3c(c2cc1C1CNC1)CCCC3. The molecule has 1 aliphatic carbocycles. The third-order valence-electron chi connectivity index (χ3n) is 4.38. The highest BCUT2D eigenvalue weighted by molar-refractivity contribution is 5.85. The second-order valence-electron chi connectivity index (χ2n) is 5.45. The molecular formula is C15H18N2. The lowest BCUT2D eigenvalue weighted by Crippen LogP contribution is -2.39. The van der Waals surface area contributed by atoms with Gasteiger partial charge in [-0.25, -0.2) is 0 Å². The highest BCUT2D eigenvalue weighted by Crippen LogP contribution is 2.31. The van der Waals surface area contributed by atoms with Crippen LogP contribution in [0.4, 0.5) is 0 Å². The maximum absolute atomic E-state index is 3.60. The van der Waals surface area contributed by atoms with Crippen LogP contribution in [0.2, 0.25) is 0 Å². The van der Waals surface area contributed by atoms with Crippen molar-refractivity contribution in [3.63, 3.8) is 0 Å². The number of hydrogen-bond acceptors (Lipinski definition) is 1. The van der Waals surface area contributed by atoms with E-state index in [1.165, 1.54) is 47.8 Å². The lowest BCUT2D eigenvalue weighted by molar-refractivity contribution is 0.449. The summed E-state index contributed by atoms with van der Waals surface area (Å²) in [5, 5.41) is 4.85. The molecular weight excluding hydrogens is 208 g/mol. The number of aromatic nitrogens is 1. The Balaban J connectivity index is 1.86. The van der Waals surface area contributed by atoms with Crippen molar-refractivity contribution in [1.82, 2.24) is 10.3 Å². The molecule has 0 bridgehead atoms. The molecule has 1 aromatic heterocycles. The first kappa shape index (κ1) is 9.72. The average Bonchev–Trinajstić information content (AvgIpc) is 2.65. The smallest absolute Gasteiger partial charge is 0.0459 e. The zero-order valence-corrected chi connectivity index (χ0v) is 10.1. The first-order valence-electron chi connectivity index (χ1n) is 6.76. The Morgan fingerprint density at radius 2 is 1.94 bits per heavy atom. The number of H-pyrrole nitrogens is 1. The summed E-state index contributed by atoms with van der Waals surface area (Å²) in [6, 6.07) is 7.01. The standard InChI is InChI=1S/C15H18N2/c1-2-4-14-12(3-1)13-7-10(11-8-16-9-11)5-6-15(13)17-14/h5-7,11,16-17H,1-4,8-9H2. The van der Waals surface area contributed by atoms with E-state index >= 15 is 0 Å². The van der Waals surface area contributed by atoms with E-state index in [1.54, 1.807) is 5.56 Å². The minimum Gasteiger partial charge on any atom is -0.358 e. The zero-order valence-electron chi connectivity index (χ0n) is 10.1. The maximum atomic E-state index is 3.60. The van der Waals surface area contributed by atoms with Gasteiger partial charge in [0.05, 0.1) is 0 Å². The Hall–Kier alpha value is -1.28. The zero-order chi connectivity index (χ0) is 11.2. The number of hydrogen-bond donors (Lipinski definition) is 2. The molecule has 0 spiro atoms. The summed E-state index contributed by atoms with van der Waals surface area (Å²) in [6.07, 6.45) is 5.21. The fourth-order valence-corrected chi connectivity index (χ4v) is 3.20. The lowest BCUT2D eigenvalue weighted by Gasteiger charge is -2.27. The maximum Gasteiger partial charge on any atom is 0.0459 e. The molecule has 0 atom stereocenters. The molecule has 2 aromatic rings. The second kappa shape index (κ2) is 3.61. The summed E-state index contributed by atoms with van der Waals surface area (Å²) < 4.78 is 0. The van der Waals surface area contributed by atoms with E-state index in [0.717, 1.165) is 19.0 Å². The van der Waals surface area contributed by atoms with E-state index in [-0.39, 0.29) is 0 Å². The van der Waals surface area contributed by atoms with Crippen molar-refractivity contribution in [3.8, 4) is 0 Å². The highest BCUT2D eigenvalue weighted by atomic mass is 14.9. The predicted octanol–water partition coefficient (Wildman–Crippen LogP) is 2.73. The van der Waals surface area contributed by atoms with Crippen LogP contribution in [-0.4, -0.2) is 18.1 Å². The van der Waals surface area contributed by atoms with Gasteiger partial charge in [-0.2, -0.15) is 0 Å². The molecule has 2 aliphatic rings. The number of rotatable bonds is 1. The number of aryl methyl sites for hydroxylation is 2. The molecule has 1 aromatic carbocycles. The van der Waals surface area contributed by atoms with E-state index < -0.39 is 0 Å². The molecule has 2 N–H and O–H groups in total. The van der Waals surface area contributed by atoms with Gasteiger partial charge in [0.25, 0.3) is 0 Å². The Morgan fingerprint density at radius 1 is 1.06 bits per heavy atom. The predicted molar refractivity (Wildman–Crippen MR) is 70.6 cm³/mol. The van der Waals surface area contributed by atoms with Gasteiger partial charge in [-0.15, -0.1) is 0 Å². The fourth-order valence-electron chi connectivity index (χ4n) is 3.20. The summed E-state index contributed by atoms with van der Waals surface area (Å²) in [4.78, 5) is 3.60. The molecule has 1 saturated heterocycles. The molecule has 0 unspecified atom stereocenters. The summed E-state index contributed by atoms with van der Waals surface area (Å²) in [5.41, 5.74) is 5.95. The van der Waals surface area contributed by atoms with E-state index in [0.29, 0.717) is 0 Å². The van der Waals surface area contributed by atoms with Gasteiger partial charge in [0.2, 0.25) is 0 Å². The fraction of sp³-hybridized carbons (Fsp3) is 0.467. The van der Waals surface area contributed by atoms with E-state index in [4.69, 9.17) is 0 Å². The lowest BCUT2D eigenvalue weighted by atomic mass is 9.90. The number of aromatic amines is 1. The van der Waals surface area contributed by atoms with Crippen LogP contribution < -0.4 is 5.32 Å². The molecule has 88 valence electrons. The molecule has 0 saturated carbocycles. The topological polar surface area (TPSA) is 27.8 Å². The van der Waals surface area contributed by atoms with Gasteiger partial charge in [0.15, 0.2) is 0 Å². The molecule has 17 heavy (non-hydrogen) atoms. The first-order valence-corrected chi connectivity index (χ1v) is 6.76. The average molecular weight is 226 g/mol. The van der Waals surface area contributed by atoms with Crippen LogP contribution in [0.5, 0.6) is 0 Å². The first-order chi connectivity index (χ1) is 8.42. The van der Waals surface area contributed by atoms with Crippen molar-refractivity contribution in [2.24, 2.45) is 0 Å². The number of fused-ring (bicyclic) bond motifs is 3. The minimum atomic E-state index is 0.744. The van der Waals surface area contributed by atoms with Gasteiger partial charge in [-0.3, -0.25) is 0 Å². The van der Waals surface area contributed by atoms with Crippen LogP contribution in [-0.2, 0) is 12.8 Å². The van der Waals surface area contributed by atoms with E-state index in [9.17, 15) is 0 Å². The van der Waals surface area contributed by atoms with Crippen LogP contribution in [0, 0.1) is 0 Å². The number of benzene rings is 1. The van der Waals surface area contributed by atoms with Gasteiger partial charge in [-0.05, 0) is 48.9 Å². The van der Waals surface area contributed by atoms with Crippen LogP contribution in [0.25, 0.3) is 10.9 Å². The van der Waals surface area contributed by atoms with Gasteiger partial charge < -0.3 is 10.3 Å². The van der Waals surface area contributed by atoms with Crippen molar-refractivity contribution < 1.29 is 0 Å². The van der Waals surface area contributed by atoms with Crippen LogP contribution >= 0.6 is 0 Å². The highest BCUT2D eigenvalue weighted by Gasteiger charge is 2.21. The van der Waals surface area contributed by atoms with Crippen LogP contribution in [0.3, 0.4) is 0 Å². The van der Waals surface area contributed by atoms with Gasteiger partial charge in [0.1, 0.15) is 0 Å². The molecule has 2 nitrogen and oxygen atoms in total. The summed E-state index contributed by atoms with van der Waals surface area (Å²) >= 11 is 0.